The molecule has 18 heavy (non-hydrogen) atoms. The molecule has 5 nitrogen and oxygen atoms in total. The lowest BCUT2D eigenvalue weighted by molar-refractivity contribution is 0.628. The molecule has 0 aliphatic rings. The summed E-state index contributed by atoms with van der Waals surface area (Å²) in [7, 11) is 1.75. The van der Waals surface area contributed by atoms with E-state index < -0.39 is 0 Å². The van der Waals surface area contributed by atoms with E-state index in [0.717, 1.165) is 24.1 Å². The fourth-order valence-electron chi connectivity index (χ4n) is 1.93. The summed E-state index contributed by atoms with van der Waals surface area (Å²) in [4.78, 5) is 18.8. The van der Waals surface area contributed by atoms with E-state index in [1.807, 2.05) is 6.92 Å². The van der Waals surface area contributed by atoms with Gasteiger partial charge >= 0.3 is 0 Å². The third kappa shape index (κ3) is 4.87. The number of unbranched alkanes of at least 4 members (excludes halogenated alkanes) is 4. The molecule has 104 valence electrons. The number of anilines is 1. The standard InChI is InChI=1S/C13H23N3O.H2O/c1-4-5-6-7-8-9-11-10(2)15-13(14-3)16-12(11)17;/h4-9H2,1-3H3,(H2,14,15,16,17);1H2. The van der Waals surface area contributed by atoms with Gasteiger partial charge in [-0.25, -0.2) is 4.98 Å². The highest BCUT2D eigenvalue weighted by Crippen LogP contribution is 2.09. The summed E-state index contributed by atoms with van der Waals surface area (Å²) in [6, 6.07) is 0. The van der Waals surface area contributed by atoms with Gasteiger partial charge < -0.3 is 10.8 Å². The van der Waals surface area contributed by atoms with Crippen molar-refractivity contribution in [2.24, 2.45) is 0 Å². The highest BCUT2D eigenvalue weighted by atomic mass is 16.1. The van der Waals surface area contributed by atoms with Crippen LogP contribution >= 0.6 is 0 Å². The molecule has 0 bridgehead atoms. The highest BCUT2D eigenvalue weighted by Gasteiger charge is 2.06. The van der Waals surface area contributed by atoms with Crippen LogP contribution in [0.5, 0.6) is 0 Å². The molecule has 5 heteroatoms. The van der Waals surface area contributed by atoms with Crippen LogP contribution in [0, 0.1) is 6.92 Å². The van der Waals surface area contributed by atoms with Crippen molar-refractivity contribution in [1.29, 1.82) is 0 Å². The Labute approximate surface area is 108 Å². The zero-order valence-corrected chi connectivity index (χ0v) is 11.6. The molecule has 1 heterocycles. The average Bonchev–Trinajstić information content (AvgIpc) is 2.31. The summed E-state index contributed by atoms with van der Waals surface area (Å²) in [6.07, 6.45) is 6.90. The third-order valence-electron chi connectivity index (χ3n) is 2.99. The normalized spacial score (nSPS) is 9.94. The number of aromatic amines is 1. The lowest BCUT2D eigenvalue weighted by Crippen LogP contribution is -2.18. The second-order valence-corrected chi connectivity index (χ2v) is 4.39. The number of hydrogen-bond donors (Lipinski definition) is 2. The maximum atomic E-state index is 11.8. The predicted octanol–water partition coefficient (Wildman–Crippen LogP) is 1.81. The van der Waals surface area contributed by atoms with E-state index in [0.29, 0.717) is 5.95 Å². The summed E-state index contributed by atoms with van der Waals surface area (Å²) in [5.41, 5.74) is 1.67. The Morgan fingerprint density at radius 1 is 1.22 bits per heavy atom. The molecule has 0 aromatic carbocycles. The van der Waals surface area contributed by atoms with Gasteiger partial charge in [0.2, 0.25) is 5.95 Å². The van der Waals surface area contributed by atoms with E-state index in [1.165, 1.54) is 25.7 Å². The van der Waals surface area contributed by atoms with E-state index in [1.54, 1.807) is 7.05 Å². The molecule has 4 N–H and O–H groups in total. The molecular weight excluding hydrogens is 230 g/mol. The summed E-state index contributed by atoms with van der Waals surface area (Å²) in [5, 5.41) is 2.85. The molecule has 0 atom stereocenters. The minimum atomic E-state index is -0.00246. The molecule has 0 amide bonds. The van der Waals surface area contributed by atoms with Crippen LogP contribution in [-0.4, -0.2) is 22.5 Å². The number of aryl methyl sites for hydroxylation is 1. The van der Waals surface area contributed by atoms with E-state index in [2.05, 4.69) is 22.2 Å². The molecule has 1 rings (SSSR count). The van der Waals surface area contributed by atoms with Crippen LogP contribution < -0.4 is 10.9 Å². The summed E-state index contributed by atoms with van der Waals surface area (Å²) >= 11 is 0. The quantitative estimate of drug-likeness (QED) is 0.728. The van der Waals surface area contributed by atoms with Gasteiger partial charge in [-0.05, 0) is 19.8 Å². The van der Waals surface area contributed by atoms with Crippen LogP contribution in [0.2, 0.25) is 0 Å². The van der Waals surface area contributed by atoms with Gasteiger partial charge in [-0.3, -0.25) is 9.78 Å². The van der Waals surface area contributed by atoms with E-state index in [-0.39, 0.29) is 11.0 Å². The molecule has 1 aromatic rings. The predicted molar refractivity (Wildman–Crippen MR) is 75.2 cm³/mol. The first kappa shape index (κ1) is 16.6. The number of rotatable bonds is 7. The fraction of sp³-hybridized carbons (Fsp3) is 0.692. The molecule has 1 aromatic heterocycles. The van der Waals surface area contributed by atoms with E-state index >= 15 is 0 Å². The summed E-state index contributed by atoms with van der Waals surface area (Å²) in [6.45, 7) is 4.10. The number of nitrogens with one attached hydrogen (secondary N) is 2. The van der Waals surface area contributed by atoms with Gasteiger partial charge in [0, 0.05) is 18.3 Å². The molecule has 0 saturated carbocycles. The summed E-state index contributed by atoms with van der Waals surface area (Å²) in [5.74, 6) is 0.544. The van der Waals surface area contributed by atoms with E-state index in [9.17, 15) is 4.79 Å². The van der Waals surface area contributed by atoms with Crippen LogP contribution in [0.25, 0.3) is 0 Å². The Bertz CT molecular complexity index is 402. The number of H-pyrrole nitrogens is 1. The van der Waals surface area contributed by atoms with Gasteiger partial charge in [0.25, 0.3) is 5.56 Å². The Kier molecular flexibility index (Phi) is 8.03. The minimum absolute atomic E-state index is 0. The lowest BCUT2D eigenvalue weighted by atomic mass is 10.1. The van der Waals surface area contributed by atoms with Crippen molar-refractivity contribution in [3.05, 3.63) is 21.6 Å². The molecule has 0 saturated heterocycles. The maximum Gasteiger partial charge on any atom is 0.255 e. The maximum absolute atomic E-state index is 11.8. The second kappa shape index (κ2) is 8.69. The van der Waals surface area contributed by atoms with Crippen LogP contribution in [0.15, 0.2) is 4.79 Å². The average molecular weight is 255 g/mol. The molecule has 0 spiro atoms. The van der Waals surface area contributed by atoms with Crippen molar-refractivity contribution in [2.75, 3.05) is 12.4 Å². The van der Waals surface area contributed by atoms with Crippen LogP contribution in [-0.2, 0) is 6.42 Å². The number of hydrogen-bond acceptors (Lipinski definition) is 3. The van der Waals surface area contributed by atoms with Gasteiger partial charge in [0.15, 0.2) is 0 Å². The van der Waals surface area contributed by atoms with Crippen LogP contribution in [0.4, 0.5) is 5.95 Å². The SMILES string of the molecule is CCCCCCCc1c(C)nc(NC)[nH]c1=O.O. The summed E-state index contributed by atoms with van der Waals surface area (Å²) < 4.78 is 0. The Balaban J connectivity index is 0.00000289. The van der Waals surface area contributed by atoms with Crippen molar-refractivity contribution in [3.8, 4) is 0 Å². The van der Waals surface area contributed by atoms with Crippen molar-refractivity contribution >= 4 is 5.95 Å². The Morgan fingerprint density at radius 2 is 1.89 bits per heavy atom. The molecule has 0 fully saturated rings. The monoisotopic (exact) mass is 255 g/mol. The second-order valence-electron chi connectivity index (χ2n) is 4.39. The lowest BCUT2D eigenvalue weighted by Gasteiger charge is -2.06. The third-order valence-corrected chi connectivity index (χ3v) is 2.99. The van der Waals surface area contributed by atoms with Crippen LogP contribution in [0.1, 0.15) is 50.3 Å². The highest BCUT2D eigenvalue weighted by molar-refractivity contribution is 5.28. The molecule has 0 aliphatic heterocycles. The van der Waals surface area contributed by atoms with Crippen LogP contribution in [0.3, 0.4) is 0 Å². The van der Waals surface area contributed by atoms with Gasteiger partial charge in [-0.15, -0.1) is 0 Å². The molecule has 0 unspecified atom stereocenters. The van der Waals surface area contributed by atoms with Gasteiger partial charge in [0.1, 0.15) is 0 Å². The van der Waals surface area contributed by atoms with Crippen molar-refractivity contribution in [3.63, 3.8) is 0 Å². The van der Waals surface area contributed by atoms with Gasteiger partial charge in [-0.2, -0.15) is 0 Å². The Morgan fingerprint density at radius 3 is 2.44 bits per heavy atom. The Hall–Kier alpha value is -1.36. The van der Waals surface area contributed by atoms with Crippen molar-refractivity contribution in [2.45, 2.75) is 52.4 Å². The smallest absolute Gasteiger partial charge is 0.255 e. The number of nitrogens with zero attached hydrogens (tertiary/aromatic N) is 1. The molecule has 0 aliphatic carbocycles. The van der Waals surface area contributed by atoms with Crippen molar-refractivity contribution < 1.29 is 5.48 Å². The zero-order chi connectivity index (χ0) is 12.7. The zero-order valence-electron chi connectivity index (χ0n) is 11.6. The first-order chi connectivity index (χ1) is 8.19. The fourth-order valence-corrected chi connectivity index (χ4v) is 1.93. The van der Waals surface area contributed by atoms with E-state index in [4.69, 9.17) is 0 Å². The molecule has 0 radical (unpaired) electrons. The van der Waals surface area contributed by atoms with Gasteiger partial charge in [-0.1, -0.05) is 32.6 Å². The minimum Gasteiger partial charge on any atom is -0.412 e. The molecular formula is C13H25N3O2. The van der Waals surface area contributed by atoms with Crippen molar-refractivity contribution in [1.82, 2.24) is 9.97 Å². The topological polar surface area (TPSA) is 89.3 Å². The number of aromatic nitrogens is 2. The largest absolute Gasteiger partial charge is 0.412 e. The first-order valence-corrected chi connectivity index (χ1v) is 6.46. The first-order valence-electron chi connectivity index (χ1n) is 6.46. The van der Waals surface area contributed by atoms with Gasteiger partial charge in [0.05, 0.1) is 0 Å².